The first-order valence-corrected chi connectivity index (χ1v) is 10.5. The fourth-order valence-electron chi connectivity index (χ4n) is 3.51. The van der Waals surface area contributed by atoms with E-state index in [-0.39, 0.29) is 29.6 Å². The van der Waals surface area contributed by atoms with E-state index in [1.165, 1.54) is 31.9 Å². The van der Waals surface area contributed by atoms with Gasteiger partial charge in [-0.25, -0.2) is 4.98 Å². The Morgan fingerprint density at radius 2 is 1.96 bits per heavy atom. The third kappa shape index (κ3) is 6.36. The summed E-state index contributed by atoms with van der Waals surface area (Å²) >= 11 is 0. The molecule has 1 aliphatic carbocycles. The molecule has 1 aliphatic rings. The van der Waals surface area contributed by atoms with Gasteiger partial charge in [0.15, 0.2) is 5.69 Å². The van der Waals surface area contributed by atoms with Crippen LogP contribution in [0.5, 0.6) is 0 Å². The minimum Gasteiger partial charge on any atom is -0.446 e. The Morgan fingerprint density at radius 1 is 1.26 bits per heavy atom. The van der Waals surface area contributed by atoms with E-state index in [1.54, 1.807) is 0 Å². The van der Waals surface area contributed by atoms with Gasteiger partial charge in [-0.3, -0.25) is 9.59 Å². The van der Waals surface area contributed by atoms with Crippen LogP contribution >= 0.6 is 0 Å². The van der Waals surface area contributed by atoms with Gasteiger partial charge in [-0.05, 0) is 39.0 Å². The topological polar surface area (TPSA) is 75.4 Å². The minimum atomic E-state index is -0.234. The molecule has 1 aromatic heterocycles. The molecule has 1 aromatic rings. The maximum Gasteiger partial charge on any atom is 0.273 e. The quantitative estimate of drug-likeness (QED) is 0.659. The molecular weight excluding hydrogens is 342 g/mol. The average molecular weight is 378 g/mol. The summed E-state index contributed by atoms with van der Waals surface area (Å²) in [6.45, 7) is 8.40. The van der Waals surface area contributed by atoms with Crippen LogP contribution in [0.25, 0.3) is 0 Å². The molecule has 0 aromatic carbocycles. The molecule has 1 fully saturated rings. The summed E-state index contributed by atoms with van der Waals surface area (Å²) in [4.78, 5) is 31.1. The summed E-state index contributed by atoms with van der Waals surface area (Å²) in [5, 5.41) is 2.88. The van der Waals surface area contributed by atoms with Gasteiger partial charge in [0.2, 0.25) is 11.8 Å². The lowest BCUT2D eigenvalue weighted by atomic mass is 10.0. The summed E-state index contributed by atoms with van der Waals surface area (Å²) in [5.74, 6) is 1.03. The van der Waals surface area contributed by atoms with Crippen molar-refractivity contribution < 1.29 is 14.0 Å². The molecule has 0 radical (unpaired) electrons. The zero-order valence-electron chi connectivity index (χ0n) is 17.3. The van der Waals surface area contributed by atoms with E-state index in [0.717, 1.165) is 19.3 Å². The number of nitrogens with zero attached hydrogens (tertiary/aromatic N) is 2. The average Bonchev–Trinajstić information content (AvgIpc) is 3.35. The van der Waals surface area contributed by atoms with Gasteiger partial charge in [-0.15, -0.1) is 0 Å². The second-order valence-electron chi connectivity index (χ2n) is 7.88. The lowest BCUT2D eigenvalue weighted by Crippen LogP contribution is -2.38. The molecule has 6 nitrogen and oxygen atoms in total. The standard InChI is InChI=1S/C21H35N3O3/c1-5-15(3)22-21(26)18-14-27-19(23-18)13-24(16(4)6-2)20(25)12-11-17-9-7-8-10-17/h14-17H,5-13H2,1-4H3,(H,22,26)/t15-,16-/m0/s1. The van der Waals surface area contributed by atoms with Gasteiger partial charge < -0.3 is 14.6 Å². The molecule has 0 saturated heterocycles. The van der Waals surface area contributed by atoms with Gasteiger partial charge in [0.25, 0.3) is 5.91 Å². The number of amides is 2. The molecule has 152 valence electrons. The van der Waals surface area contributed by atoms with Crippen LogP contribution in [-0.4, -0.2) is 33.8 Å². The molecule has 0 aliphatic heterocycles. The number of rotatable bonds is 10. The molecule has 1 heterocycles. The number of nitrogens with one attached hydrogen (secondary N) is 1. The molecule has 2 amide bonds. The smallest absolute Gasteiger partial charge is 0.273 e. The molecule has 0 unspecified atom stereocenters. The van der Waals surface area contributed by atoms with Crippen LogP contribution in [-0.2, 0) is 11.3 Å². The highest BCUT2D eigenvalue weighted by Gasteiger charge is 2.24. The van der Waals surface area contributed by atoms with Gasteiger partial charge in [0.05, 0.1) is 6.54 Å². The van der Waals surface area contributed by atoms with Crippen molar-refractivity contribution in [1.29, 1.82) is 0 Å². The Hall–Kier alpha value is -1.85. The van der Waals surface area contributed by atoms with Crippen molar-refractivity contribution in [3.8, 4) is 0 Å². The highest BCUT2D eigenvalue weighted by molar-refractivity contribution is 5.92. The first-order valence-electron chi connectivity index (χ1n) is 10.5. The van der Waals surface area contributed by atoms with E-state index >= 15 is 0 Å². The highest BCUT2D eigenvalue weighted by Crippen LogP contribution is 2.29. The second-order valence-corrected chi connectivity index (χ2v) is 7.88. The number of aromatic nitrogens is 1. The van der Waals surface area contributed by atoms with Crippen molar-refractivity contribution in [3.05, 3.63) is 17.8 Å². The van der Waals surface area contributed by atoms with Crippen LogP contribution < -0.4 is 5.32 Å². The zero-order valence-corrected chi connectivity index (χ0v) is 17.3. The SMILES string of the molecule is CC[C@H](C)NC(=O)c1coc(CN(C(=O)CCC2CCCC2)[C@@H](C)CC)n1. The Labute approximate surface area is 163 Å². The molecule has 1 saturated carbocycles. The monoisotopic (exact) mass is 377 g/mol. The largest absolute Gasteiger partial charge is 0.446 e. The van der Waals surface area contributed by atoms with Gasteiger partial charge in [0.1, 0.15) is 6.26 Å². The van der Waals surface area contributed by atoms with E-state index in [2.05, 4.69) is 17.2 Å². The minimum absolute atomic E-state index is 0.0893. The van der Waals surface area contributed by atoms with Crippen LogP contribution in [0, 0.1) is 5.92 Å². The van der Waals surface area contributed by atoms with E-state index in [9.17, 15) is 9.59 Å². The van der Waals surface area contributed by atoms with Crippen LogP contribution in [0.3, 0.4) is 0 Å². The highest BCUT2D eigenvalue weighted by atomic mass is 16.3. The summed E-state index contributed by atoms with van der Waals surface area (Å²) < 4.78 is 5.49. The Bertz CT molecular complexity index is 608. The normalized spacial score (nSPS) is 16.9. The van der Waals surface area contributed by atoms with E-state index in [0.29, 0.717) is 24.8 Å². The predicted octanol–water partition coefficient (Wildman–Crippen LogP) is 4.30. The molecule has 0 spiro atoms. The molecule has 2 atom stereocenters. The van der Waals surface area contributed by atoms with E-state index in [4.69, 9.17) is 4.42 Å². The van der Waals surface area contributed by atoms with Crippen molar-refractivity contribution in [2.75, 3.05) is 0 Å². The lowest BCUT2D eigenvalue weighted by molar-refractivity contribution is -0.134. The van der Waals surface area contributed by atoms with Crippen LogP contribution in [0.1, 0.15) is 95.4 Å². The van der Waals surface area contributed by atoms with Crippen molar-refractivity contribution in [3.63, 3.8) is 0 Å². The maximum absolute atomic E-state index is 12.8. The summed E-state index contributed by atoms with van der Waals surface area (Å²) in [7, 11) is 0. The summed E-state index contributed by atoms with van der Waals surface area (Å²) in [6, 6.07) is 0.205. The predicted molar refractivity (Wildman–Crippen MR) is 105 cm³/mol. The number of oxazole rings is 1. The van der Waals surface area contributed by atoms with Crippen molar-refractivity contribution in [2.24, 2.45) is 5.92 Å². The van der Waals surface area contributed by atoms with Gasteiger partial charge in [0, 0.05) is 18.5 Å². The number of hydrogen-bond acceptors (Lipinski definition) is 4. The molecular formula is C21H35N3O3. The fourth-order valence-corrected chi connectivity index (χ4v) is 3.51. The maximum atomic E-state index is 12.8. The molecule has 1 N–H and O–H groups in total. The van der Waals surface area contributed by atoms with Crippen LogP contribution in [0.4, 0.5) is 0 Å². The van der Waals surface area contributed by atoms with E-state index in [1.807, 2.05) is 25.7 Å². The number of carbonyl (C=O) groups is 2. The van der Waals surface area contributed by atoms with Gasteiger partial charge in [-0.1, -0.05) is 39.5 Å². The Kier molecular flexibility index (Phi) is 8.32. The third-order valence-electron chi connectivity index (χ3n) is 5.76. The first-order chi connectivity index (χ1) is 12.9. The number of hydrogen-bond donors (Lipinski definition) is 1. The van der Waals surface area contributed by atoms with Crippen molar-refractivity contribution in [2.45, 2.75) is 97.7 Å². The first kappa shape index (κ1) is 21.5. The van der Waals surface area contributed by atoms with Crippen molar-refractivity contribution in [1.82, 2.24) is 15.2 Å². The number of carbonyl (C=O) groups excluding carboxylic acids is 2. The molecule has 0 bridgehead atoms. The zero-order chi connectivity index (χ0) is 19.8. The van der Waals surface area contributed by atoms with Gasteiger partial charge >= 0.3 is 0 Å². The van der Waals surface area contributed by atoms with Crippen LogP contribution in [0.15, 0.2) is 10.7 Å². The van der Waals surface area contributed by atoms with E-state index < -0.39 is 0 Å². The molecule has 6 heteroatoms. The molecule has 27 heavy (non-hydrogen) atoms. The summed E-state index contributed by atoms with van der Waals surface area (Å²) in [6.07, 6.45) is 9.76. The Balaban J connectivity index is 1.96. The Morgan fingerprint density at radius 3 is 2.59 bits per heavy atom. The fraction of sp³-hybridized carbons (Fsp3) is 0.762. The lowest BCUT2D eigenvalue weighted by Gasteiger charge is -2.28. The molecule has 2 rings (SSSR count). The van der Waals surface area contributed by atoms with Crippen LogP contribution in [0.2, 0.25) is 0 Å². The summed E-state index contributed by atoms with van der Waals surface area (Å²) in [5.41, 5.74) is 0.271. The van der Waals surface area contributed by atoms with Gasteiger partial charge in [-0.2, -0.15) is 0 Å². The second kappa shape index (κ2) is 10.5. The van der Waals surface area contributed by atoms with Crippen molar-refractivity contribution >= 4 is 11.8 Å². The third-order valence-corrected chi connectivity index (χ3v) is 5.76.